The van der Waals surface area contributed by atoms with E-state index in [1.54, 1.807) is 23.1 Å². The molecule has 1 aromatic rings. The van der Waals surface area contributed by atoms with E-state index in [9.17, 15) is 4.79 Å². The second-order valence-corrected chi connectivity index (χ2v) is 5.52. The van der Waals surface area contributed by atoms with Gasteiger partial charge in [0.25, 0.3) is 0 Å². The van der Waals surface area contributed by atoms with Crippen LogP contribution in [-0.2, 0) is 4.79 Å². The summed E-state index contributed by atoms with van der Waals surface area (Å²) in [6.07, 6.45) is 7.75. The molecule has 1 aromatic carbocycles. The largest absolute Gasteiger partial charge is 0.395 e. The SMILES string of the molecule is O=C(C=Cc1cccc(Cl)c1)N(CCO)C1CCCC1. The number of nitrogens with zero attached hydrogens (tertiary/aromatic N) is 1. The third-order valence-corrected chi connectivity index (χ3v) is 3.89. The van der Waals surface area contributed by atoms with Crippen LogP contribution in [0.2, 0.25) is 5.02 Å². The van der Waals surface area contributed by atoms with Crippen LogP contribution in [0.1, 0.15) is 31.2 Å². The smallest absolute Gasteiger partial charge is 0.246 e. The summed E-state index contributed by atoms with van der Waals surface area (Å²) in [6.45, 7) is 0.413. The average Bonchev–Trinajstić information content (AvgIpc) is 2.96. The van der Waals surface area contributed by atoms with Crippen LogP contribution in [0, 0.1) is 0 Å². The van der Waals surface area contributed by atoms with Gasteiger partial charge in [-0.3, -0.25) is 4.79 Å². The van der Waals surface area contributed by atoms with Gasteiger partial charge in [-0.1, -0.05) is 36.6 Å². The van der Waals surface area contributed by atoms with Gasteiger partial charge in [0.05, 0.1) is 6.61 Å². The Balaban J connectivity index is 2.03. The molecule has 0 spiro atoms. The Kier molecular flexibility index (Phi) is 5.62. The lowest BCUT2D eigenvalue weighted by Crippen LogP contribution is -2.39. The van der Waals surface area contributed by atoms with E-state index < -0.39 is 0 Å². The zero-order chi connectivity index (χ0) is 14.4. The maximum Gasteiger partial charge on any atom is 0.246 e. The summed E-state index contributed by atoms with van der Waals surface area (Å²) in [7, 11) is 0. The van der Waals surface area contributed by atoms with Crippen LogP contribution < -0.4 is 0 Å². The first-order chi connectivity index (χ1) is 9.70. The molecule has 0 atom stereocenters. The van der Waals surface area contributed by atoms with Crippen LogP contribution >= 0.6 is 11.6 Å². The van der Waals surface area contributed by atoms with E-state index in [2.05, 4.69) is 0 Å². The maximum atomic E-state index is 12.3. The van der Waals surface area contributed by atoms with Gasteiger partial charge in [0, 0.05) is 23.7 Å². The standard InChI is InChI=1S/C16H20ClNO2/c17-14-5-3-4-13(12-14)8-9-16(20)18(10-11-19)15-6-1-2-7-15/h3-5,8-9,12,15,19H,1-2,6-7,10-11H2. The number of carbonyl (C=O) groups excluding carboxylic acids is 1. The van der Waals surface area contributed by atoms with E-state index in [1.165, 1.54) is 0 Å². The Bertz CT molecular complexity index is 481. The number of benzene rings is 1. The number of hydrogen-bond acceptors (Lipinski definition) is 2. The molecule has 0 heterocycles. The first-order valence-electron chi connectivity index (χ1n) is 7.06. The second kappa shape index (κ2) is 7.46. The normalized spacial score (nSPS) is 15.9. The Hall–Kier alpha value is -1.32. The van der Waals surface area contributed by atoms with E-state index in [4.69, 9.17) is 16.7 Å². The first-order valence-corrected chi connectivity index (χ1v) is 7.43. The van der Waals surface area contributed by atoms with Crippen molar-refractivity contribution in [2.45, 2.75) is 31.7 Å². The minimum absolute atomic E-state index is 0.00719. The van der Waals surface area contributed by atoms with Crippen LogP contribution in [-0.4, -0.2) is 35.1 Å². The van der Waals surface area contributed by atoms with Gasteiger partial charge < -0.3 is 10.0 Å². The maximum absolute atomic E-state index is 12.3. The summed E-state index contributed by atoms with van der Waals surface area (Å²) in [4.78, 5) is 14.1. The van der Waals surface area contributed by atoms with Crippen LogP contribution in [0.3, 0.4) is 0 Å². The second-order valence-electron chi connectivity index (χ2n) is 5.08. The predicted octanol–water partition coefficient (Wildman–Crippen LogP) is 3.12. The van der Waals surface area contributed by atoms with Crippen molar-refractivity contribution in [2.75, 3.05) is 13.2 Å². The fraction of sp³-hybridized carbons (Fsp3) is 0.438. The Morgan fingerprint density at radius 3 is 2.80 bits per heavy atom. The zero-order valence-corrected chi connectivity index (χ0v) is 12.2. The fourth-order valence-corrected chi connectivity index (χ4v) is 2.87. The molecule has 0 bridgehead atoms. The number of halogens is 1. The molecular weight excluding hydrogens is 274 g/mol. The summed E-state index contributed by atoms with van der Waals surface area (Å²) in [6, 6.07) is 7.66. The van der Waals surface area contributed by atoms with Gasteiger partial charge in [-0.25, -0.2) is 0 Å². The molecule has 20 heavy (non-hydrogen) atoms. The molecule has 1 saturated carbocycles. The molecular formula is C16H20ClNO2. The highest BCUT2D eigenvalue weighted by atomic mass is 35.5. The van der Waals surface area contributed by atoms with Crippen molar-refractivity contribution >= 4 is 23.6 Å². The average molecular weight is 294 g/mol. The highest BCUT2D eigenvalue weighted by Gasteiger charge is 2.24. The summed E-state index contributed by atoms with van der Waals surface area (Å²) < 4.78 is 0. The lowest BCUT2D eigenvalue weighted by molar-refractivity contribution is -0.128. The Morgan fingerprint density at radius 2 is 2.15 bits per heavy atom. The van der Waals surface area contributed by atoms with Crippen LogP contribution in [0.5, 0.6) is 0 Å². The summed E-state index contributed by atoms with van der Waals surface area (Å²) in [5.74, 6) is -0.0362. The number of amides is 1. The van der Waals surface area contributed by atoms with E-state index in [0.29, 0.717) is 11.6 Å². The van der Waals surface area contributed by atoms with E-state index >= 15 is 0 Å². The zero-order valence-electron chi connectivity index (χ0n) is 11.5. The molecule has 1 aliphatic rings. The van der Waals surface area contributed by atoms with Crippen molar-refractivity contribution in [3.8, 4) is 0 Å². The van der Waals surface area contributed by atoms with Gasteiger partial charge >= 0.3 is 0 Å². The first kappa shape index (κ1) is 15.1. The minimum atomic E-state index is -0.0362. The highest BCUT2D eigenvalue weighted by molar-refractivity contribution is 6.30. The number of carbonyl (C=O) groups is 1. The lowest BCUT2D eigenvalue weighted by atomic mass is 10.2. The summed E-state index contributed by atoms with van der Waals surface area (Å²) in [5, 5.41) is 9.79. The molecule has 2 rings (SSSR count). The quantitative estimate of drug-likeness (QED) is 0.848. The molecule has 3 nitrogen and oxygen atoms in total. The fourth-order valence-electron chi connectivity index (χ4n) is 2.67. The van der Waals surface area contributed by atoms with E-state index in [1.807, 2.05) is 18.2 Å². The molecule has 4 heteroatoms. The Labute approximate surface area is 124 Å². The number of aliphatic hydroxyl groups is 1. The minimum Gasteiger partial charge on any atom is -0.395 e. The van der Waals surface area contributed by atoms with Crippen molar-refractivity contribution < 1.29 is 9.90 Å². The number of aliphatic hydroxyl groups excluding tert-OH is 1. The molecule has 0 saturated heterocycles. The third-order valence-electron chi connectivity index (χ3n) is 3.66. The van der Waals surface area contributed by atoms with Gasteiger partial charge in [0.15, 0.2) is 0 Å². The van der Waals surface area contributed by atoms with Gasteiger partial charge in [-0.2, -0.15) is 0 Å². The third kappa shape index (κ3) is 4.09. The Morgan fingerprint density at radius 1 is 1.40 bits per heavy atom. The monoisotopic (exact) mass is 293 g/mol. The molecule has 0 unspecified atom stereocenters. The molecule has 108 valence electrons. The van der Waals surface area contributed by atoms with Gasteiger partial charge in [0.1, 0.15) is 0 Å². The molecule has 1 N–H and O–H groups in total. The summed E-state index contributed by atoms with van der Waals surface area (Å²) >= 11 is 5.91. The predicted molar refractivity (Wildman–Crippen MR) is 81.5 cm³/mol. The van der Waals surface area contributed by atoms with E-state index in [-0.39, 0.29) is 18.6 Å². The van der Waals surface area contributed by atoms with Gasteiger partial charge in [0.2, 0.25) is 5.91 Å². The van der Waals surface area contributed by atoms with Crippen molar-refractivity contribution in [2.24, 2.45) is 0 Å². The topological polar surface area (TPSA) is 40.5 Å². The van der Waals surface area contributed by atoms with Crippen LogP contribution in [0.25, 0.3) is 6.08 Å². The van der Waals surface area contributed by atoms with Crippen molar-refractivity contribution in [1.29, 1.82) is 0 Å². The van der Waals surface area contributed by atoms with Crippen molar-refractivity contribution in [3.05, 3.63) is 40.9 Å². The van der Waals surface area contributed by atoms with Gasteiger partial charge in [-0.05, 0) is 36.6 Å². The molecule has 0 aromatic heterocycles. The molecule has 0 radical (unpaired) electrons. The lowest BCUT2D eigenvalue weighted by Gasteiger charge is -2.27. The van der Waals surface area contributed by atoms with E-state index in [0.717, 1.165) is 31.2 Å². The van der Waals surface area contributed by atoms with Crippen LogP contribution in [0.15, 0.2) is 30.3 Å². The van der Waals surface area contributed by atoms with Crippen LogP contribution in [0.4, 0.5) is 0 Å². The molecule has 1 amide bonds. The molecule has 1 aliphatic carbocycles. The highest BCUT2D eigenvalue weighted by Crippen LogP contribution is 2.23. The van der Waals surface area contributed by atoms with Crippen molar-refractivity contribution in [1.82, 2.24) is 4.90 Å². The molecule has 0 aliphatic heterocycles. The summed E-state index contributed by atoms with van der Waals surface area (Å²) in [5.41, 5.74) is 0.904. The number of hydrogen-bond donors (Lipinski definition) is 1. The molecule has 1 fully saturated rings. The number of rotatable bonds is 5. The van der Waals surface area contributed by atoms with Gasteiger partial charge in [-0.15, -0.1) is 0 Å². The van der Waals surface area contributed by atoms with Crippen molar-refractivity contribution in [3.63, 3.8) is 0 Å².